The fourth-order valence-electron chi connectivity index (χ4n) is 2.03. The van der Waals surface area contributed by atoms with E-state index in [2.05, 4.69) is 47.1 Å². The Balaban J connectivity index is 2.72. The second-order valence-corrected chi connectivity index (χ2v) is 8.61. The lowest BCUT2D eigenvalue weighted by atomic mass is 10.1. The molecule has 1 aromatic carbocycles. The van der Waals surface area contributed by atoms with Crippen LogP contribution in [0.3, 0.4) is 0 Å². The molecule has 0 aliphatic heterocycles. The molecule has 1 rings (SSSR count). The van der Waals surface area contributed by atoms with Gasteiger partial charge in [-0.25, -0.2) is 0 Å². The van der Waals surface area contributed by atoms with Crippen molar-refractivity contribution in [1.29, 1.82) is 0 Å². The molecule has 0 bridgehead atoms. The van der Waals surface area contributed by atoms with Gasteiger partial charge in [0.05, 0.1) is 0 Å². The summed E-state index contributed by atoms with van der Waals surface area (Å²) >= 11 is 3.69. The summed E-state index contributed by atoms with van der Waals surface area (Å²) in [6.07, 6.45) is 1.98. The predicted molar refractivity (Wildman–Crippen MR) is 83.7 cm³/mol. The van der Waals surface area contributed by atoms with Crippen molar-refractivity contribution < 1.29 is 13.3 Å². The monoisotopic (exact) mass is 346 g/mol. The Morgan fingerprint density at radius 1 is 1.16 bits per heavy atom. The molecule has 108 valence electrons. The lowest BCUT2D eigenvalue weighted by molar-refractivity contribution is 0.123. The van der Waals surface area contributed by atoms with E-state index in [1.807, 2.05) is 0 Å². The third-order valence-corrected chi connectivity index (χ3v) is 7.23. The minimum absolute atomic E-state index is 0.418. The molecule has 1 aromatic rings. The largest absolute Gasteiger partial charge is 0.500 e. The van der Waals surface area contributed by atoms with Gasteiger partial charge >= 0.3 is 8.80 Å². The molecule has 0 fully saturated rings. The SMILES string of the molecule is CCC(Br)c1cccc(CC[Si](OC)(OC)OC)c1. The number of alkyl halides is 1. The Labute approximate surface area is 125 Å². The highest BCUT2D eigenvalue weighted by atomic mass is 79.9. The van der Waals surface area contributed by atoms with Crippen LogP contribution >= 0.6 is 15.9 Å². The summed E-state index contributed by atoms with van der Waals surface area (Å²) in [6.45, 7) is 2.17. The average Bonchev–Trinajstić information content (AvgIpc) is 2.48. The normalized spacial score (nSPS) is 13.5. The van der Waals surface area contributed by atoms with Crippen molar-refractivity contribution in [2.45, 2.75) is 30.6 Å². The van der Waals surface area contributed by atoms with Crippen LogP contribution < -0.4 is 0 Å². The molecular formula is C14H23BrO3Si. The highest BCUT2D eigenvalue weighted by Gasteiger charge is 2.37. The van der Waals surface area contributed by atoms with Crippen molar-refractivity contribution in [2.24, 2.45) is 0 Å². The Bertz CT molecular complexity index is 374. The molecule has 0 amide bonds. The third kappa shape index (κ3) is 4.68. The van der Waals surface area contributed by atoms with Gasteiger partial charge in [-0.05, 0) is 24.0 Å². The van der Waals surface area contributed by atoms with Crippen LogP contribution in [0, 0.1) is 0 Å². The van der Waals surface area contributed by atoms with Crippen LogP contribution in [0.5, 0.6) is 0 Å². The molecule has 0 aliphatic rings. The molecule has 0 saturated carbocycles. The topological polar surface area (TPSA) is 27.7 Å². The fraction of sp³-hybridized carbons (Fsp3) is 0.571. The van der Waals surface area contributed by atoms with E-state index < -0.39 is 8.80 Å². The second kappa shape index (κ2) is 8.17. The zero-order valence-corrected chi connectivity index (χ0v) is 14.7. The lowest BCUT2D eigenvalue weighted by Crippen LogP contribution is -2.43. The number of hydrogen-bond acceptors (Lipinski definition) is 3. The van der Waals surface area contributed by atoms with Crippen LogP contribution in [-0.4, -0.2) is 30.1 Å². The van der Waals surface area contributed by atoms with Gasteiger partial charge < -0.3 is 13.3 Å². The van der Waals surface area contributed by atoms with Crippen molar-refractivity contribution in [3.63, 3.8) is 0 Å². The predicted octanol–water partition coefficient (Wildman–Crippen LogP) is 3.95. The summed E-state index contributed by atoms with van der Waals surface area (Å²) in [5, 5.41) is 0. The first-order valence-electron chi connectivity index (χ1n) is 6.49. The van der Waals surface area contributed by atoms with Crippen LogP contribution in [0.2, 0.25) is 6.04 Å². The Hall–Kier alpha value is -0.203. The van der Waals surface area contributed by atoms with Crippen LogP contribution in [0.25, 0.3) is 0 Å². The first-order valence-corrected chi connectivity index (χ1v) is 9.34. The van der Waals surface area contributed by atoms with Crippen LogP contribution in [0.1, 0.15) is 29.3 Å². The minimum Gasteiger partial charge on any atom is -0.377 e. The van der Waals surface area contributed by atoms with E-state index in [0.29, 0.717) is 4.83 Å². The van der Waals surface area contributed by atoms with Gasteiger partial charge in [0, 0.05) is 32.2 Å². The van der Waals surface area contributed by atoms with E-state index in [0.717, 1.165) is 18.9 Å². The molecule has 5 heteroatoms. The summed E-state index contributed by atoms with van der Waals surface area (Å²) in [5.41, 5.74) is 2.61. The first-order chi connectivity index (χ1) is 9.10. The highest BCUT2D eigenvalue weighted by molar-refractivity contribution is 9.09. The van der Waals surface area contributed by atoms with Gasteiger partial charge in [-0.3, -0.25) is 0 Å². The Morgan fingerprint density at radius 2 is 1.79 bits per heavy atom. The maximum Gasteiger partial charge on any atom is 0.500 e. The molecule has 0 aromatic heterocycles. The molecule has 3 nitrogen and oxygen atoms in total. The van der Waals surface area contributed by atoms with Crippen molar-refractivity contribution in [1.82, 2.24) is 0 Å². The summed E-state index contributed by atoms with van der Waals surface area (Å²) < 4.78 is 16.3. The van der Waals surface area contributed by atoms with E-state index in [9.17, 15) is 0 Å². The maximum atomic E-state index is 5.44. The molecule has 0 spiro atoms. The number of halogens is 1. The van der Waals surface area contributed by atoms with Gasteiger partial charge in [-0.2, -0.15) is 0 Å². The van der Waals surface area contributed by atoms with Gasteiger partial charge in [0.2, 0.25) is 0 Å². The van der Waals surface area contributed by atoms with E-state index in [1.54, 1.807) is 21.3 Å². The maximum absolute atomic E-state index is 5.44. The summed E-state index contributed by atoms with van der Waals surface area (Å²) in [4.78, 5) is 0.418. The number of benzene rings is 1. The standard InChI is InChI=1S/C14H23BrO3Si/c1-5-14(15)13-8-6-7-12(11-13)9-10-19(16-2,17-3)18-4/h6-8,11,14H,5,9-10H2,1-4H3. The minimum atomic E-state index is -2.46. The summed E-state index contributed by atoms with van der Waals surface area (Å²) in [6, 6.07) is 9.42. The van der Waals surface area contributed by atoms with E-state index >= 15 is 0 Å². The molecule has 0 radical (unpaired) electrons. The van der Waals surface area contributed by atoms with Crippen molar-refractivity contribution >= 4 is 24.7 Å². The van der Waals surface area contributed by atoms with Gasteiger partial charge in [-0.1, -0.05) is 47.1 Å². The molecule has 0 saturated heterocycles. The quantitative estimate of drug-likeness (QED) is 0.526. The van der Waals surface area contributed by atoms with Gasteiger partial charge in [0.25, 0.3) is 0 Å². The zero-order valence-electron chi connectivity index (χ0n) is 12.1. The lowest BCUT2D eigenvalue weighted by Gasteiger charge is -2.24. The second-order valence-electron chi connectivity index (χ2n) is 4.42. The third-order valence-electron chi connectivity index (χ3n) is 3.32. The van der Waals surface area contributed by atoms with Crippen LogP contribution in [0.4, 0.5) is 0 Å². The first kappa shape index (κ1) is 16.9. The molecule has 0 N–H and O–H groups in total. The highest BCUT2D eigenvalue weighted by Crippen LogP contribution is 2.27. The summed E-state index contributed by atoms with van der Waals surface area (Å²) in [5.74, 6) is 0. The fourth-order valence-corrected chi connectivity index (χ4v) is 4.02. The zero-order chi connectivity index (χ0) is 14.3. The van der Waals surface area contributed by atoms with Gasteiger partial charge in [0.1, 0.15) is 0 Å². The van der Waals surface area contributed by atoms with Gasteiger partial charge in [0.15, 0.2) is 0 Å². The Morgan fingerprint density at radius 3 is 2.32 bits per heavy atom. The molecule has 1 atom stereocenters. The van der Waals surface area contributed by atoms with Crippen molar-refractivity contribution in [3.8, 4) is 0 Å². The van der Waals surface area contributed by atoms with Gasteiger partial charge in [-0.15, -0.1) is 0 Å². The molecule has 0 heterocycles. The number of rotatable bonds is 8. The molecule has 19 heavy (non-hydrogen) atoms. The smallest absolute Gasteiger partial charge is 0.377 e. The number of hydrogen-bond donors (Lipinski definition) is 0. The molecule has 0 aliphatic carbocycles. The van der Waals surface area contributed by atoms with E-state index in [1.165, 1.54) is 11.1 Å². The van der Waals surface area contributed by atoms with E-state index in [4.69, 9.17) is 13.3 Å². The average molecular weight is 347 g/mol. The van der Waals surface area contributed by atoms with Crippen molar-refractivity contribution in [2.75, 3.05) is 21.3 Å². The Kier molecular flexibility index (Phi) is 7.24. The van der Waals surface area contributed by atoms with Crippen LogP contribution in [-0.2, 0) is 19.7 Å². The summed E-state index contributed by atoms with van der Waals surface area (Å²) in [7, 11) is 2.50. The van der Waals surface area contributed by atoms with Crippen LogP contribution in [0.15, 0.2) is 24.3 Å². The van der Waals surface area contributed by atoms with E-state index in [-0.39, 0.29) is 0 Å². The molecular weight excluding hydrogens is 324 g/mol. The molecule has 1 unspecified atom stereocenters. The number of aryl methyl sites for hydroxylation is 1. The van der Waals surface area contributed by atoms with Crippen molar-refractivity contribution in [3.05, 3.63) is 35.4 Å².